The van der Waals surface area contributed by atoms with Gasteiger partial charge < -0.3 is 5.11 Å². The molecule has 2 aromatic rings. The predicted octanol–water partition coefficient (Wildman–Crippen LogP) is 3.77. The van der Waals surface area contributed by atoms with E-state index in [1.807, 2.05) is 25.1 Å². The van der Waals surface area contributed by atoms with E-state index in [9.17, 15) is 5.11 Å². The van der Waals surface area contributed by atoms with E-state index in [1.54, 1.807) is 11.3 Å². The Hall–Kier alpha value is -0.930. The molecule has 0 saturated heterocycles. The summed E-state index contributed by atoms with van der Waals surface area (Å²) < 4.78 is 1.16. The van der Waals surface area contributed by atoms with Gasteiger partial charge in [-0.2, -0.15) is 0 Å². The van der Waals surface area contributed by atoms with Gasteiger partial charge in [0.25, 0.3) is 4.19 Å². The van der Waals surface area contributed by atoms with Gasteiger partial charge >= 0.3 is 5.06 Å². The number of aromatic hydroxyl groups is 1. The van der Waals surface area contributed by atoms with Gasteiger partial charge in [0.2, 0.25) is 0 Å². The second kappa shape index (κ2) is 3.44. The van der Waals surface area contributed by atoms with Gasteiger partial charge in [-0.15, -0.1) is 0 Å². The number of aryl methyl sites for hydroxylation is 1. The minimum Gasteiger partial charge on any atom is -0.481 e. The zero-order valence-corrected chi connectivity index (χ0v) is 8.78. The molecular formula is C10H9OS2+. The Labute approximate surface area is 84.9 Å². The van der Waals surface area contributed by atoms with Crippen molar-refractivity contribution in [3.05, 3.63) is 35.2 Å². The fourth-order valence-electron chi connectivity index (χ4n) is 1.06. The highest BCUT2D eigenvalue weighted by Crippen LogP contribution is 2.40. The lowest BCUT2D eigenvalue weighted by Crippen LogP contribution is -1.65. The Kier molecular flexibility index (Phi) is 2.29. The average Bonchev–Trinajstić information content (AvgIpc) is 2.49. The first-order valence-electron chi connectivity index (χ1n) is 3.95. The first-order valence-corrected chi connectivity index (χ1v) is 5.58. The van der Waals surface area contributed by atoms with Gasteiger partial charge in [0.15, 0.2) is 4.88 Å². The third-order valence-electron chi connectivity index (χ3n) is 1.75. The predicted molar refractivity (Wildman–Crippen MR) is 58.4 cm³/mol. The summed E-state index contributed by atoms with van der Waals surface area (Å²) >= 11 is 3.08. The first kappa shape index (κ1) is 8.66. The van der Waals surface area contributed by atoms with E-state index in [2.05, 4.69) is 12.1 Å². The van der Waals surface area contributed by atoms with Crippen molar-refractivity contribution in [1.29, 1.82) is 0 Å². The standard InChI is InChI=1S/C10H8OS2/c1-7-9(11)13-10(12-7)8-5-3-2-4-6-8/h2-6H,1H3/p+1. The smallest absolute Gasteiger partial charge is 0.314 e. The molecular weight excluding hydrogens is 200 g/mol. The second-order valence-corrected chi connectivity index (χ2v) is 5.20. The lowest BCUT2D eigenvalue weighted by Gasteiger charge is -1.85. The summed E-state index contributed by atoms with van der Waals surface area (Å²) in [6.45, 7) is 1.93. The maximum atomic E-state index is 9.43. The van der Waals surface area contributed by atoms with Crippen molar-refractivity contribution in [1.82, 2.24) is 0 Å². The van der Waals surface area contributed by atoms with E-state index in [1.165, 1.54) is 16.9 Å². The second-order valence-electron chi connectivity index (χ2n) is 2.72. The quantitative estimate of drug-likeness (QED) is 0.709. The summed E-state index contributed by atoms with van der Waals surface area (Å²) in [6, 6.07) is 10.1. The maximum Gasteiger partial charge on any atom is 0.314 e. The Morgan fingerprint density at radius 3 is 2.46 bits per heavy atom. The minimum absolute atomic E-state index is 0.434. The van der Waals surface area contributed by atoms with Crippen LogP contribution in [-0.4, -0.2) is 5.11 Å². The van der Waals surface area contributed by atoms with Crippen LogP contribution in [0.3, 0.4) is 0 Å². The first-order chi connectivity index (χ1) is 6.27. The van der Waals surface area contributed by atoms with Crippen molar-refractivity contribution in [2.24, 2.45) is 0 Å². The molecule has 1 aromatic heterocycles. The van der Waals surface area contributed by atoms with Gasteiger partial charge in [0, 0.05) is 5.56 Å². The van der Waals surface area contributed by atoms with Gasteiger partial charge in [-0.1, -0.05) is 18.2 Å². The monoisotopic (exact) mass is 209 g/mol. The Balaban J connectivity index is 2.48. The Morgan fingerprint density at radius 1 is 1.23 bits per heavy atom. The van der Waals surface area contributed by atoms with Crippen LogP contribution in [0.15, 0.2) is 30.3 Å². The summed E-state index contributed by atoms with van der Waals surface area (Å²) in [5, 5.41) is 9.86. The van der Waals surface area contributed by atoms with E-state index in [-0.39, 0.29) is 0 Å². The summed E-state index contributed by atoms with van der Waals surface area (Å²) in [5.41, 5.74) is 1.18. The van der Waals surface area contributed by atoms with Crippen LogP contribution in [-0.2, 0) is 0 Å². The summed E-state index contributed by atoms with van der Waals surface area (Å²) in [6.07, 6.45) is 0. The Morgan fingerprint density at radius 2 is 1.92 bits per heavy atom. The summed E-state index contributed by atoms with van der Waals surface area (Å²) in [5.74, 6) is 0. The molecule has 0 radical (unpaired) electrons. The zero-order valence-electron chi connectivity index (χ0n) is 7.15. The van der Waals surface area contributed by atoms with E-state index in [0.29, 0.717) is 5.06 Å². The molecule has 1 nitrogen and oxygen atoms in total. The van der Waals surface area contributed by atoms with Gasteiger partial charge in [0.05, 0.1) is 11.3 Å². The zero-order chi connectivity index (χ0) is 9.26. The molecule has 0 fully saturated rings. The molecule has 3 heteroatoms. The topological polar surface area (TPSA) is 20.2 Å². The number of rotatable bonds is 1. The number of benzene rings is 1. The normalized spacial score (nSPS) is 10.2. The summed E-state index contributed by atoms with van der Waals surface area (Å²) in [7, 11) is 0. The molecule has 66 valence electrons. The fourth-order valence-corrected chi connectivity index (χ4v) is 3.28. The SMILES string of the molecule is Cc1sc(-c2ccccc2)[s+]c1O. The van der Waals surface area contributed by atoms with Crippen molar-refractivity contribution < 1.29 is 5.11 Å². The molecule has 0 aliphatic heterocycles. The van der Waals surface area contributed by atoms with Gasteiger partial charge in [-0.3, -0.25) is 0 Å². The molecule has 0 unspecified atom stereocenters. The molecule has 13 heavy (non-hydrogen) atoms. The van der Waals surface area contributed by atoms with E-state index in [4.69, 9.17) is 0 Å². The molecule has 0 spiro atoms. The summed E-state index contributed by atoms with van der Waals surface area (Å²) in [4.78, 5) is 0.990. The average molecular weight is 209 g/mol. The highest BCUT2D eigenvalue weighted by Gasteiger charge is 2.19. The molecule has 0 saturated carbocycles. The van der Waals surface area contributed by atoms with Gasteiger partial charge in [-0.25, -0.2) is 0 Å². The van der Waals surface area contributed by atoms with Crippen LogP contribution < -0.4 is 0 Å². The van der Waals surface area contributed by atoms with Crippen LogP contribution in [0.2, 0.25) is 0 Å². The van der Waals surface area contributed by atoms with Crippen LogP contribution in [0.5, 0.6) is 5.06 Å². The molecule has 1 N–H and O–H groups in total. The molecule has 0 bridgehead atoms. The van der Waals surface area contributed by atoms with Gasteiger partial charge in [0.1, 0.15) is 11.3 Å². The lowest BCUT2D eigenvalue weighted by molar-refractivity contribution is 0.488. The molecule has 1 aromatic carbocycles. The number of hydrogen-bond acceptors (Lipinski definition) is 2. The van der Waals surface area contributed by atoms with Crippen molar-refractivity contribution in [2.75, 3.05) is 0 Å². The Bertz CT molecular complexity index is 387. The molecule has 0 atom stereocenters. The molecule has 1 heterocycles. The molecule has 0 amide bonds. The minimum atomic E-state index is 0.434. The fraction of sp³-hybridized carbons (Fsp3) is 0.100. The molecule has 0 aliphatic rings. The maximum absolute atomic E-state index is 9.43. The van der Waals surface area contributed by atoms with E-state index in [0.717, 1.165) is 9.07 Å². The third-order valence-corrected chi connectivity index (χ3v) is 4.22. The molecule has 2 rings (SSSR count). The van der Waals surface area contributed by atoms with Crippen LogP contribution in [0.4, 0.5) is 0 Å². The van der Waals surface area contributed by atoms with Crippen LogP contribution >= 0.6 is 22.7 Å². The highest BCUT2D eigenvalue weighted by molar-refractivity contribution is 7.37. The van der Waals surface area contributed by atoms with Crippen molar-refractivity contribution >= 4 is 22.7 Å². The lowest BCUT2D eigenvalue weighted by atomic mass is 10.2. The van der Waals surface area contributed by atoms with E-state index >= 15 is 0 Å². The van der Waals surface area contributed by atoms with Crippen molar-refractivity contribution in [3.63, 3.8) is 0 Å². The van der Waals surface area contributed by atoms with Crippen molar-refractivity contribution in [3.8, 4) is 14.8 Å². The van der Waals surface area contributed by atoms with Crippen LogP contribution in [0.25, 0.3) is 9.75 Å². The van der Waals surface area contributed by atoms with Crippen molar-refractivity contribution in [2.45, 2.75) is 6.92 Å². The van der Waals surface area contributed by atoms with Crippen LogP contribution in [0, 0.1) is 6.92 Å². The highest BCUT2D eigenvalue weighted by atomic mass is 32.2. The largest absolute Gasteiger partial charge is 0.481 e. The number of hydrogen-bond donors (Lipinski definition) is 1. The van der Waals surface area contributed by atoms with Crippen LogP contribution in [0.1, 0.15) is 4.88 Å². The molecule has 0 aliphatic carbocycles. The third kappa shape index (κ3) is 1.71. The van der Waals surface area contributed by atoms with E-state index < -0.39 is 0 Å². The van der Waals surface area contributed by atoms with Gasteiger partial charge in [-0.05, 0) is 19.1 Å².